The molecule has 1 unspecified atom stereocenters. The topological polar surface area (TPSA) is 64.1 Å². The number of nitrogens with one attached hydrogen (secondary N) is 1. The van der Waals surface area contributed by atoms with Gasteiger partial charge < -0.3 is 10.1 Å². The van der Waals surface area contributed by atoms with Crippen LogP contribution in [0.3, 0.4) is 0 Å². The summed E-state index contributed by atoms with van der Waals surface area (Å²) in [5.74, 6) is 1.49. The highest BCUT2D eigenvalue weighted by Crippen LogP contribution is 2.36. The molecule has 0 bridgehead atoms. The molecular weight excluding hydrogens is 326 g/mol. The maximum absolute atomic E-state index is 12.4. The molecule has 2 aromatic rings. The van der Waals surface area contributed by atoms with E-state index in [0.717, 1.165) is 25.7 Å². The molecule has 0 spiro atoms. The van der Waals surface area contributed by atoms with E-state index >= 15 is 0 Å². The standard InChI is InChI=1S/C21H27N3O2/c1-14-10-11-22-19(12-14)17-6-4-16(5-7-17)15(2)24-21(25)18-8-9-20(26-3)23-13-18/h8-13,15-17H,4-7H2,1-3H3,(H,24,25)/t15?,16-,17+. The number of pyridine rings is 2. The van der Waals surface area contributed by atoms with Gasteiger partial charge in [-0.05, 0) is 69.2 Å². The molecule has 1 fully saturated rings. The van der Waals surface area contributed by atoms with E-state index in [1.165, 1.54) is 11.3 Å². The van der Waals surface area contributed by atoms with Gasteiger partial charge in [0.15, 0.2) is 0 Å². The van der Waals surface area contributed by atoms with Crippen molar-refractivity contribution in [2.24, 2.45) is 5.92 Å². The third kappa shape index (κ3) is 4.40. The zero-order valence-electron chi connectivity index (χ0n) is 15.7. The van der Waals surface area contributed by atoms with Gasteiger partial charge in [-0.1, -0.05) is 0 Å². The van der Waals surface area contributed by atoms with Crippen molar-refractivity contribution in [2.75, 3.05) is 7.11 Å². The zero-order valence-corrected chi connectivity index (χ0v) is 15.7. The summed E-state index contributed by atoms with van der Waals surface area (Å²) in [6.07, 6.45) is 7.95. The van der Waals surface area contributed by atoms with E-state index in [4.69, 9.17) is 4.74 Å². The summed E-state index contributed by atoms with van der Waals surface area (Å²) in [5.41, 5.74) is 3.05. The minimum atomic E-state index is -0.0740. The molecule has 1 aliphatic carbocycles. The second kappa shape index (κ2) is 8.30. The van der Waals surface area contributed by atoms with Crippen LogP contribution in [0.5, 0.6) is 5.88 Å². The van der Waals surface area contributed by atoms with E-state index in [2.05, 4.69) is 35.2 Å². The Morgan fingerprint density at radius 1 is 1.19 bits per heavy atom. The second-order valence-corrected chi connectivity index (χ2v) is 7.22. The number of rotatable bonds is 5. The van der Waals surface area contributed by atoms with Crippen LogP contribution in [-0.4, -0.2) is 29.0 Å². The van der Waals surface area contributed by atoms with Crippen molar-refractivity contribution < 1.29 is 9.53 Å². The average Bonchev–Trinajstić information content (AvgIpc) is 2.68. The first-order valence-corrected chi connectivity index (χ1v) is 9.30. The maximum atomic E-state index is 12.4. The molecule has 1 amide bonds. The Kier molecular flexibility index (Phi) is 5.86. The largest absolute Gasteiger partial charge is 0.481 e. The molecule has 0 radical (unpaired) electrons. The van der Waals surface area contributed by atoms with Gasteiger partial charge in [0, 0.05) is 36.1 Å². The van der Waals surface area contributed by atoms with Gasteiger partial charge in [-0.3, -0.25) is 9.78 Å². The van der Waals surface area contributed by atoms with E-state index in [1.54, 1.807) is 25.4 Å². The summed E-state index contributed by atoms with van der Waals surface area (Å²) in [7, 11) is 1.56. The van der Waals surface area contributed by atoms with Crippen LogP contribution in [0.15, 0.2) is 36.7 Å². The van der Waals surface area contributed by atoms with Gasteiger partial charge in [-0.2, -0.15) is 0 Å². The fraction of sp³-hybridized carbons (Fsp3) is 0.476. The third-order valence-corrected chi connectivity index (χ3v) is 5.40. The Balaban J connectivity index is 1.53. The molecule has 1 atom stereocenters. The molecule has 0 saturated heterocycles. The van der Waals surface area contributed by atoms with Crippen molar-refractivity contribution in [1.29, 1.82) is 0 Å². The third-order valence-electron chi connectivity index (χ3n) is 5.40. The van der Waals surface area contributed by atoms with Gasteiger partial charge in [0.2, 0.25) is 5.88 Å². The molecular formula is C21H27N3O2. The van der Waals surface area contributed by atoms with Gasteiger partial charge in [0.1, 0.15) is 0 Å². The zero-order chi connectivity index (χ0) is 18.5. The number of methoxy groups -OCH3 is 1. The normalized spacial score (nSPS) is 21.0. The van der Waals surface area contributed by atoms with Crippen LogP contribution in [-0.2, 0) is 0 Å². The Hall–Kier alpha value is -2.43. The number of carbonyl (C=O) groups excluding carboxylic acids is 1. The number of hydrogen-bond donors (Lipinski definition) is 1. The van der Waals surface area contributed by atoms with Gasteiger partial charge in [-0.15, -0.1) is 0 Å². The molecule has 5 heteroatoms. The summed E-state index contributed by atoms with van der Waals surface area (Å²) < 4.78 is 5.03. The second-order valence-electron chi connectivity index (χ2n) is 7.22. The minimum absolute atomic E-state index is 0.0740. The fourth-order valence-electron chi connectivity index (χ4n) is 3.74. The van der Waals surface area contributed by atoms with Crippen molar-refractivity contribution >= 4 is 5.91 Å². The van der Waals surface area contributed by atoms with Gasteiger partial charge in [-0.25, -0.2) is 4.98 Å². The summed E-state index contributed by atoms with van der Waals surface area (Å²) in [6, 6.07) is 7.84. The lowest BCUT2D eigenvalue weighted by Crippen LogP contribution is -2.39. The molecule has 2 aromatic heterocycles. The Labute approximate surface area is 155 Å². The van der Waals surface area contributed by atoms with E-state index in [9.17, 15) is 4.79 Å². The molecule has 2 heterocycles. The molecule has 26 heavy (non-hydrogen) atoms. The van der Waals surface area contributed by atoms with Crippen molar-refractivity contribution in [3.63, 3.8) is 0 Å². The first-order chi connectivity index (χ1) is 12.6. The van der Waals surface area contributed by atoms with Crippen LogP contribution in [0.25, 0.3) is 0 Å². The maximum Gasteiger partial charge on any atom is 0.253 e. The van der Waals surface area contributed by atoms with Crippen molar-refractivity contribution in [1.82, 2.24) is 15.3 Å². The van der Waals surface area contributed by atoms with Crippen LogP contribution in [0.4, 0.5) is 0 Å². The molecule has 5 nitrogen and oxygen atoms in total. The van der Waals surface area contributed by atoms with E-state index in [0.29, 0.717) is 23.3 Å². The number of hydrogen-bond acceptors (Lipinski definition) is 4. The van der Waals surface area contributed by atoms with Crippen LogP contribution in [0, 0.1) is 12.8 Å². The van der Waals surface area contributed by atoms with Gasteiger partial charge in [0.25, 0.3) is 5.91 Å². The summed E-state index contributed by atoms with van der Waals surface area (Å²) in [6.45, 7) is 4.22. The highest BCUT2D eigenvalue weighted by Gasteiger charge is 2.27. The molecule has 3 rings (SSSR count). The molecule has 0 aliphatic heterocycles. The number of amides is 1. The monoisotopic (exact) mass is 353 g/mol. The summed E-state index contributed by atoms with van der Waals surface area (Å²) >= 11 is 0. The van der Waals surface area contributed by atoms with E-state index < -0.39 is 0 Å². The lowest BCUT2D eigenvalue weighted by atomic mass is 9.77. The Bertz CT molecular complexity index is 737. The molecule has 138 valence electrons. The van der Waals surface area contributed by atoms with Gasteiger partial charge in [0.05, 0.1) is 12.7 Å². The predicted molar refractivity (Wildman–Crippen MR) is 101 cm³/mol. The lowest BCUT2D eigenvalue weighted by Gasteiger charge is -2.32. The number of aromatic nitrogens is 2. The first kappa shape index (κ1) is 18.4. The van der Waals surface area contributed by atoms with Gasteiger partial charge >= 0.3 is 0 Å². The number of aryl methyl sites for hydroxylation is 1. The minimum Gasteiger partial charge on any atom is -0.481 e. The lowest BCUT2D eigenvalue weighted by molar-refractivity contribution is 0.0917. The quantitative estimate of drug-likeness (QED) is 0.886. The van der Waals surface area contributed by atoms with Crippen LogP contribution >= 0.6 is 0 Å². The van der Waals surface area contributed by atoms with Crippen molar-refractivity contribution in [2.45, 2.75) is 51.5 Å². The summed E-state index contributed by atoms with van der Waals surface area (Å²) in [5, 5.41) is 3.13. The van der Waals surface area contributed by atoms with Crippen molar-refractivity contribution in [3.8, 4) is 5.88 Å². The van der Waals surface area contributed by atoms with Crippen LogP contribution in [0.2, 0.25) is 0 Å². The smallest absolute Gasteiger partial charge is 0.253 e. The SMILES string of the molecule is COc1ccc(C(=O)NC(C)[C@H]2CC[C@@H](c3cc(C)ccn3)CC2)cn1. The first-order valence-electron chi connectivity index (χ1n) is 9.30. The van der Waals surface area contributed by atoms with E-state index in [-0.39, 0.29) is 11.9 Å². The average molecular weight is 353 g/mol. The van der Waals surface area contributed by atoms with E-state index in [1.807, 2.05) is 12.3 Å². The Morgan fingerprint density at radius 2 is 1.96 bits per heavy atom. The number of nitrogens with zero attached hydrogens (tertiary/aromatic N) is 2. The molecule has 1 N–H and O–H groups in total. The predicted octanol–water partition coefficient (Wildman–Crippen LogP) is 3.89. The number of ether oxygens (including phenoxy) is 1. The highest BCUT2D eigenvalue weighted by atomic mass is 16.5. The molecule has 1 saturated carbocycles. The molecule has 1 aliphatic rings. The van der Waals surface area contributed by atoms with Crippen molar-refractivity contribution in [3.05, 3.63) is 53.5 Å². The summed E-state index contributed by atoms with van der Waals surface area (Å²) in [4.78, 5) is 21.1. The molecule has 0 aromatic carbocycles. The van der Waals surface area contributed by atoms with Crippen LogP contribution < -0.4 is 10.1 Å². The fourth-order valence-corrected chi connectivity index (χ4v) is 3.74. The Morgan fingerprint density at radius 3 is 2.58 bits per heavy atom. The highest BCUT2D eigenvalue weighted by molar-refractivity contribution is 5.94. The number of carbonyl (C=O) groups is 1. The van der Waals surface area contributed by atoms with Crippen LogP contribution in [0.1, 0.15) is 60.1 Å².